The van der Waals surface area contributed by atoms with Crippen LogP contribution in [-0.4, -0.2) is 69.3 Å². The Hall–Kier alpha value is -5.31. The number of carbonyl (C=O) groups is 4. The molecule has 260 valence electrons. The second kappa shape index (κ2) is 16.4. The average molecular weight is 706 g/mol. The summed E-state index contributed by atoms with van der Waals surface area (Å²) in [5.41, 5.74) is 2.08. The van der Waals surface area contributed by atoms with Crippen molar-refractivity contribution in [3.63, 3.8) is 0 Å². The summed E-state index contributed by atoms with van der Waals surface area (Å²) in [6.07, 6.45) is -0.948. The number of nitrogens with zero attached hydrogens (tertiary/aromatic N) is 1. The second-order valence-electron chi connectivity index (χ2n) is 11.3. The van der Waals surface area contributed by atoms with Gasteiger partial charge in [-0.3, -0.25) is 14.4 Å². The molecule has 1 heterocycles. The number of rotatable bonds is 15. The highest BCUT2D eigenvalue weighted by Gasteiger charge is 2.49. The normalized spacial score (nSPS) is 17.2. The third-order valence-electron chi connectivity index (χ3n) is 7.93. The molecule has 4 aromatic rings. The van der Waals surface area contributed by atoms with Crippen LogP contribution in [0, 0.1) is 11.6 Å². The molecule has 0 bridgehead atoms. The van der Waals surface area contributed by atoms with E-state index in [1.165, 1.54) is 65.2 Å². The quantitative estimate of drug-likeness (QED) is 0.116. The third-order valence-corrected chi connectivity index (χ3v) is 9.25. The van der Waals surface area contributed by atoms with Crippen LogP contribution in [0.3, 0.4) is 0 Å². The van der Waals surface area contributed by atoms with Crippen LogP contribution in [0.1, 0.15) is 34.9 Å². The lowest BCUT2D eigenvalue weighted by Gasteiger charge is -2.47. The number of aliphatic carboxylic acids is 1. The molecule has 4 unspecified atom stereocenters. The maximum atomic E-state index is 13.7. The molecule has 0 aliphatic carbocycles. The first kappa shape index (κ1) is 36.0. The Morgan fingerprint density at radius 1 is 0.840 bits per heavy atom. The van der Waals surface area contributed by atoms with Gasteiger partial charge >= 0.3 is 5.97 Å². The molecule has 1 aliphatic rings. The number of aliphatic hydroxyl groups is 2. The SMILES string of the molecule is O=C(COc1ccc(C2C(SCC(O)c3ccc(F)cc3)C(=O)N2c2ccc(F)cc2)cc1)NC(C(=O)N[C@@H](CO)C(=O)O)c1ccccc1. The van der Waals surface area contributed by atoms with Crippen LogP contribution in [0.4, 0.5) is 14.5 Å². The summed E-state index contributed by atoms with van der Waals surface area (Å²) in [4.78, 5) is 52.0. The molecule has 5 atom stereocenters. The summed E-state index contributed by atoms with van der Waals surface area (Å²) in [7, 11) is 0. The average Bonchev–Trinajstić information content (AvgIpc) is 3.12. The molecule has 4 aromatic carbocycles. The number of hydrogen-bond donors (Lipinski definition) is 5. The van der Waals surface area contributed by atoms with Gasteiger partial charge in [0.15, 0.2) is 6.61 Å². The van der Waals surface area contributed by atoms with Gasteiger partial charge in [0.2, 0.25) is 11.8 Å². The van der Waals surface area contributed by atoms with Crippen LogP contribution in [0.5, 0.6) is 5.75 Å². The van der Waals surface area contributed by atoms with E-state index in [0.717, 1.165) is 0 Å². The Kier molecular flexibility index (Phi) is 11.8. The Balaban J connectivity index is 1.26. The number of nitrogens with one attached hydrogen (secondary N) is 2. The van der Waals surface area contributed by atoms with Gasteiger partial charge in [-0.15, -0.1) is 11.8 Å². The topological polar surface area (TPSA) is 165 Å². The smallest absolute Gasteiger partial charge is 0.328 e. The number of halogens is 2. The number of carboxylic acids is 1. The number of hydrogen-bond acceptors (Lipinski definition) is 8. The van der Waals surface area contributed by atoms with E-state index in [0.29, 0.717) is 28.1 Å². The van der Waals surface area contributed by atoms with Crippen molar-refractivity contribution in [1.82, 2.24) is 10.6 Å². The minimum Gasteiger partial charge on any atom is -0.484 e. The van der Waals surface area contributed by atoms with Crippen LogP contribution in [0.15, 0.2) is 103 Å². The summed E-state index contributed by atoms with van der Waals surface area (Å²) < 4.78 is 32.7. The number of ether oxygens (including phenoxy) is 1. The summed E-state index contributed by atoms with van der Waals surface area (Å²) in [6.45, 7) is -1.34. The number of benzene rings is 4. The Bertz CT molecular complexity index is 1800. The number of β-lactam (4-membered cyclic amide) rings is 1. The van der Waals surface area contributed by atoms with Crippen molar-refractivity contribution in [2.75, 3.05) is 23.9 Å². The van der Waals surface area contributed by atoms with Gasteiger partial charge in [0.05, 0.1) is 18.8 Å². The fourth-order valence-electron chi connectivity index (χ4n) is 5.31. The fraction of sp³-hybridized carbons (Fsp3) is 0.222. The molecule has 0 spiro atoms. The Morgan fingerprint density at radius 2 is 1.46 bits per heavy atom. The first-order valence-corrected chi connectivity index (χ1v) is 16.5. The highest BCUT2D eigenvalue weighted by atomic mass is 32.2. The second-order valence-corrected chi connectivity index (χ2v) is 12.5. The highest BCUT2D eigenvalue weighted by Crippen LogP contribution is 2.46. The number of thioether (sulfide) groups is 1. The van der Waals surface area contributed by atoms with Gasteiger partial charge in [-0.25, -0.2) is 13.6 Å². The van der Waals surface area contributed by atoms with E-state index in [1.807, 2.05) is 0 Å². The monoisotopic (exact) mass is 705 g/mol. The van der Waals surface area contributed by atoms with E-state index in [9.17, 15) is 43.3 Å². The lowest BCUT2D eigenvalue weighted by Crippen LogP contribution is -2.57. The van der Waals surface area contributed by atoms with Gasteiger partial charge in [-0.05, 0) is 65.2 Å². The maximum Gasteiger partial charge on any atom is 0.328 e. The van der Waals surface area contributed by atoms with Crippen LogP contribution in [0.25, 0.3) is 0 Å². The molecular weight excluding hydrogens is 672 g/mol. The van der Waals surface area contributed by atoms with E-state index in [4.69, 9.17) is 4.74 Å². The zero-order valence-electron chi connectivity index (χ0n) is 26.3. The number of carbonyl (C=O) groups excluding carboxylic acids is 3. The van der Waals surface area contributed by atoms with Crippen LogP contribution in [0.2, 0.25) is 0 Å². The van der Waals surface area contributed by atoms with Gasteiger partial charge < -0.3 is 35.6 Å². The first-order valence-electron chi connectivity index (χ1n) is 15.4. The largest absolute Gasteiger partial charge is 0.484 e. The van der Waals surface area contributed by atoms with E-state index in [-0.39, 0.29) is 11.7 Å². The van der Waals surface area contributed by atoms with Gasteiger partial charge in [0, 0.05) is 11.4 Å². The highest BCUT2D eigenvalue weighted by molar-refractivity contribution is 8.00. The van der Waals surface area contributed by atoms with Gasteiger partial charge in [0.25, 0.3) is 5.91 Å². The predicted molar refractivity (Wildman–Crippen MR) is 180 cm³/mol. The lowest BCUT2D eigenvalue weighted by atomic mass is 9.92. The zero-order valence-corrected chi connectivity index (χ0v) is 27.1. The van der Waals surface area contributed by atoms with Crippen LogP contribution in [-0.2, 0) is 19.2 Å². The molecule has 5 rings (SSSR count). The third kappa shape index (κ3) is 8.64. The Morgan fingerprint density at radius 3 is 2.06 bits per heavy atom. The molecule has 1 aliphatic heterocycles. The van der Waals surface area contributed by atoms with Gasteiger partial charge in [0.1, 0.15) is 34.7 Å². The van der Waals surface area contributed by atoms with E-state index in [2.05, 4.69) is 10.6 Å². The molecule has 11 nitrogen and oxygen atoms in total. The molecule has 3 amide bonds. The molecule has 14 heteroatoms. The van der Waals surface area contributed by atoms with Gasteiger partial charge in [-0.1, -0.05) is 54.6 Å². The van der Waals surface area contributed by atoms with Crippen molar-refractivity contribution >= 4 is 41.1 Å². The fourth-order valence-corrected chi connectivity index (χ4v) is 6.61. The number of aliphatic hydroxyl groups excluding tert-OH is 2. The minimum atomic E-state index is -1.57. The van der Waals surface area contributed by atoms with E-state index in [1.54, 1.807) is 54.6 Å². The molecule has 0 radical (unpaired) electrons. The predicted octanol–water partition coefficient (Wildman–Crippen LogP) is 3.69. The first-order chi connectivity index (χ1) is 24.0. The molecular formula is C36H33F2N3O8S. The number of anilines is 1. The van der Waals surface area contributed by atoms with Crippen molar-refractivity contribution in [2.24, 2.45) is 0 Å². The van der Waals surface area contributed by atoms with Gasteiger partial charge in [-0.2, -0.15) is 0 Å². The van der Waals surface area contributed by atoms with Crippen molar-refractivity contribution in [3.05, 3.63) is 131 Å². The van der Waals surface area contributed by atoms with E-state index >= 15 is 0 Å². The van der Waals surface area contributed by atoms with Crippen molar-refractivity contribution < 1.29 is 48.0 Å². The molecule has 50 heavy (non-hydrogen) atoms. The lowest BCUT2D eigenvalue weighted by molar-refractivity contribution is -0.143. The maximum absolute atomic E-state index is 13.7. The van der Waals surface area contributed by atoms with Crippen molar-refractivity contribution in [3.8, 4) is 5.75 Å². The zero-order chi connectivity index (χ0) is 35.8. The summed E-state index contributed by atoms with van der Waals surface area (Å²) in [5.74, 6) is -3.63. The van der Waals surface area contributed by atoms with Crippen molar-refractivity contribution in [2.45, 2.75) is 29.5 Å². The summed E-state index contributed by atoms with van der Waals surface area (Å²) in [6, 6.07) is 22.4. The molecule has 5 N–H and O–H groups in total. The standard InChI is InChI=1S/C36H33F2N3O8S/c37-24-10-6-21(7-11-24)29(43)20-50-33-32(41(35(33)46)26-14-12-25(38)13-15-26)23-8-16-27(17-9-23)49-19-30(44)40-31(22-4-2-1-3-5-22)34(45)39-28(18-42)36(47)48/h1-17,28-29,31-33,42-43H,18-20H2,(H,39,45)(H,40,44)(H,47,48)/t28-,29?,31?,32?,33?/m0/s1. The summed E-state index contributed by atoms with van der Waals surface area (Å²) >= 11 is 1.24. The van der Waals surface area contributed by atoms with E-state index < -0.39 is 72.1 Å². The molecule has 1 saturated heterocycles. The Labute approximate surface area is 289 Å². The number of amides is 3. The summed E-state index contributed by atoms with van der Waals surface area (Å²) in [5, 5.41) is 33.3. The van der Waals surface area contributed by atoms with Crippen LogP contribution < -0.4 is 20.3 Å². The molecule has 1 fully saturated rings. The molecule has 0 saturated carbocycles. The van der Waals surface area contributed by atoms with Crippen molar-refractivity contribution in [1.29, 1.82) is 0 Å². The molecule has 0 aromatic heterocycles. The minimum absolute atomic E-state index is 0.158. The van der Waals surface area contributed by atoms with Crippen LogP contribution >= 0.6 is 11.8 Å². The number of carboxylic acid groups (broad SMARTS) is 1.